The Bertz CT molecular complexity index is 736. The molecule has 0 aliphatic rings. The molecule has 1 N–H and O–H groups in total. The van der Waals surface area contributed by atoms with E-state index in [1.54, 1.807) is 33.5 Å². The van der Waals surface area contributed by atoms with Crippen molar-refractivity contribution < 1.29 is 19.0 Å². The zero-order valence-electron chi connectivity index (χ0n) is 16.0. The van der Waals surface area contributed by atoms with Gasteiger partial charge in [-0.3, -0.25) is 4.79 Å². The Labute approximate surface area is 154 Å². The third-order valence-corrected chi connectivity index (χ3v) is 4.13. The minimum absolute atomic E-state index is 0.115. The highest BCUT2D eigenvalue weighted by Crippen LogP contribution is 2.38. The van der Waals surface area contributed by atoms with Crippen LogP contribution in [0.5, 0.6) is 17.2 Å². The fourth-order valence-corrected chi connectivity index (χ4v) is 2.63. The number of nitrogens with one attached hydrogen (secondary N) is 1. The molecule has 0 bridgehead atoms. The lowest BCUT2D eigenvalue weighted by molar-refractivity contribution is -0.115. The number of hydrogen-bond acceptors (Lipinski definition) is 5. The van der Waals surface area contributed by atoms with Crippen LogP contribution in [0.15, 0.2) is 36.4 Å². The Kier molecular flexibility index (Phi) is 6.72. The number of ether oxygens (including phenoxy) is 3. The lowest BCUT2D eigenvalue weighted by Gasteiger charge is -2.18. The lowest BCUT2D eigenvalue weighted by Crippen LogP contribution is -2.17. The predicted molar refractivity (Wildman–Crippen MR) is 104 cm³/mol. The summed E-state index contributed by atoms with van der Waals surface area (Å²) in [4.78, 5) is 14.6. The first-order valence-electron chi connectivity index (χ1n) is 8.42. The first-order valence-corrected chi connectivity index (χ1v) is 8.42. The van der Waals surface area contributed by atoms with Gasteiger partial charge >= 0.3 is 0 Å². The first kappa shape index (κ1) is 19.4. The van der Waals surface area contributed by atoms with Gasteiger partial charge in [0.05, 0.1) is 27.8 Å². The summed E-state index contributed by atoms with van der Waals surface area (Å²) in [5.74, 6) is 1.45. The molecule has 0 fully saturated rings. The molecule has 0 saturated carbocycles. The van der Waals surface area contributed by atoms with Crippen LogP contribution in [0.4, 0.5) is 11.4 Å². The molecule has 0 radical (unpaired) electrons. The van der Waals surface area contributed by atoms with Crippen LogP contribution in [0.3, 0.4) is 0 Å². The van der Waals surface area contributed by atoms with Crippen molar-refractivity contribution >= 4 is 17.3 Å². The average Bonchev–Trinajstić information content (AvgIpc) is 2.66. The third kappa shape index (κ3) is 4.59. The van der Waals surface area contributed by atoms with Gasteiger partial charge in [0, 0.05) is 25.0 Å². The van der Waals surface area contributed by atoms with Crippen LogP contribution in [-0.2, 0) is 11.2 Å². The maximum atomic E-state index is 12.4. The summed E-state index contributed by atoms with van der Waals surface area (Å²) >= 11 is 0. The number of nitrogens with zero attached hydrogens (tertiary/aromatic N) is 1. The van der Waals surface area contributed by atoms with Crippen molar-refractivity contribution in [1.82, 2.24) is 0 Å². The highest BCUT2D eigenvalue weighted by atomic mass is 16.5. The van der Waals surface area contributed by atoms with Crippen molar-refractivity contribution in [2.75, 3.05) is 45.1 Å². The molecular formula is C20H26N2O4. The predicted octanol–water partition coefficient (Wildman–Crippen LogP) is 3.35. The SMILES string of the molecule is CCN(C)c1cccc(NC(=O)Cc2cc(OC)c(OC)c(OC)c2)c1. The zero-order chi connectivity index (χ0) is 19.1. The summed E-state index contributed by atoms with van der Waals surface area (Å²) in [5, 5.41) is 2.93. The Balaban J connectivity index is 2.15. The summed E-state index contributed by atoms with van der Waals surface area (Å²) in [6.07, 6.45) is 0.199. The second-order valence-electron chi connectivity index (χ2n) is 5.82. The highest BCUT2D eigenvalue weighted by Gasteiger charge is 2.15. The van der Waals surface area contributed by atoms with E-state index >= 15 is 0 Å². The smallest absolute Gasteiger partial charge is 0.228 e. The Morgan fingerprint density at radius 3 is 2.23 bits per heavy atom. The van der Waals surface area contributed by atoms with Crippen molar-refractivity contribution in [1.29, 1.82) is 0 Å². The van der Waals surface area contributed by atoms with Crippen LogP contribution < -0.4 is 24.4 Å². The van der Waals surface area contributed by atoms with Gasteiger partial charge in [0.15, 0.2) is 11.5 Å². The van der Waals surface area contributed by atoms with E-state index in [-0.39, 0.29) is 12.3 Å². The number of methoxy groups -OCH3 is 3. The number of anilines is 2. The fourth-order valence-electron chi connectivity index (χ4n) is 2.63. The molecule has 0 saturated heterocycles. The topological polar surface area (TPSA) is 60.0 Å². The van der Waals surface area contributed by atoms with Gasteiger partial charge in [0.2, 0.25) is 11.7 Å². The number of carbonyl (C=O) groups excluding carboxylic acids is 1. The summed E-state index contributed by atoms with van der Waals surface area (Å²) in [6.45, 7) is 2.97. The largest absolute Gasteiger partial charge is 0.493 e. The molecule has 0 unspecified atom stereocenters. The first-order chi connectivity index (χ1) is 12.5. The second kappa shape index (κ2) is 8.99. The van der Waals surface area contributed by atoms with Gasteiger partial charge in [-0.25, -0.2) is 0 Å². The summed E-state index contributed by atoms with van der Waals surface area (Å²) in [7, 11) is 6.66. The van der Waals surface area contributed by atoms with E-state index in [4.69, 9.17) is 14.2 Å². The third-order valence-electron chi connectivity index (χ3n) is 4.13. The van der Waals surface area contributed by atoms with Crippen molar-refractivity contribution in [3.05, 3.63) is 42.0 Å². The lowest BCUT2D eigenvalue weighted by atomic mass is 10.1. The number of carbonyl (C=O) groups is 1. The van der Waals surface area contributed by atoms with Gasteiger partial charge in [0.1, 0.15) is 0 Å². The average molecular weight is 358 g/mol. The normalized spacial score (nSPS) is 10.2. The van der Waals surface area contributed by atoms with Crippen LogP contribution in [0, 0.1) is 0 Å². The van der Waals surface area contributed by atoms with Gasteiger partial charge in [-0.15, -0.1) is 0 Å². The van der Waals surface area contributed by atoms with Crippen LogP contribution in [0.2, 0.25) is 0 Å². The number of hydrogen-bond donors (Lipinski definition) is 1. The van der Waals surface area contributed by atoms with E-state index < -0.39 is 0 Å². The van der Waals surface area contributed by atoms with Crippen molar-refractivity contribution in [2.24, 2.45) is 0 Å². The Morgan fingerprint density at radius 1 is 1.04 bits per heavy atom. The van der Waals surface area contributed by atoms with E-state index in [1.807, 2.05) is 31.3 Å². The molecule has 6 nitrogen and oxygen atoms in total. The van der Waals surface area contributed by atoms with E-state index in [0.717, 1.165) is 23.5 Å². The van der Waals surface area contributed by atoms with E-state index in [0.29, 0.717) is 17.2 Å². The summed E-state index contributed by atoms with van der Waals surface area (Å²) in [6, 6.07) is 11.3. The molecule has 0 spiro atoms. The molecule has 26 heavy (non-hydrogen) atoms. The molecule has 0 heterocycles. The van der Waals surface area contributed by atoms with Gasteiger partial charge in [-0.2, -0.15) is 0 Å². The minimum Gasteiger partial charge on any atom is -0.493 e. The minimum atomic E-state index is -0.115. The Hall–Kier alpha value is -2.89. The molecule has 2 aromatic carbocycles. The van der Waals surface area contributed by atoms with Crippen LogP contribution >= 0.6 is 0 Å². The number of benzene rings is 2. The van der Waals surface area contributed by atoms with E-state index in [9.17, 15) is 4.79 Å². The highest BCUT2D eigenvalue weighted by molar-refractivity contribution is 5.93. The second-order valence-corrected chi connectivity index (χ2v) is 5.82. The zero-order valence-corrected chi connectivity index (χ0v) is 16.0. The fraction of sp³-hybridized carbons (Fsp3) is 0.350. The monoisotopic (exact) mass is 358 g/mol. The maximum absolute atomic E-state index is 12.4. The van der Waals surface area contributed by atoms with Crippen molar-refractivity contribution in [3.8, 4) is 17.2 Å². The molecule has 140 valence electrons. The summed E-state index contributed by atoms with van der Waals surface area (Å²) < 4.78 is 16.0. The molecular weight excluding hydrogens is 332 g/mol. The number of amides is 1. The van der Waals surface area contributed by atoms with Gasteiger partial charge in [-0.05, 0) is 42.8 Å². The van der Waals surface area contributed by atoms with Crippen LogP contribution in [0.25, 0.3) is 0 Å². The quantitative estimate of drug-likeness (QED) is 0.784. The molecule has 2 rings (SSSR count). The molecule has 0 atom stereocenters. The molecule has 1 amide bonds. The maximum Gasteiger partial charge on any atom is 0.228 e. The molecule has 0 aliphatic heterocycles. The van der Waals surface area contributed by atoms with Crippen molar-refractivity contribution in [3.63, 3.8) is 0 Å². The summed E-state index contributed by atoms with van der Waals surface area (Å²) in [5.41, 5.74) is 2.59. The van der Waals surface area contributed by atoms with Gasteiger partial charge < -0.3 is 24.4 Å². The van der Waals surface area contributed by atoms with Gasteiger partial charge in [-0.1, -0.05) is 6.07 Å². The molecule has 0 aromatic heterocycles. The van der Waals surface area contributed by atoms with Crippen LogP contribution in [0.1, 0.15) is 12.5 Å². The molecule has 6 heteroatoms. The van der Waals surface area contributed by atoms with Crippen molar-refractivity contribution in [2.45, 2.75) is 13.3 Å². The number of rotatable bonds is 8. The van der Waals surface area contributed by atoms with E-state index in [2.05, 4.69) is 17.1 Å². The Morgan fingerprint density at radius 2 is 1.69 bits per heavy atom. The standard InChI is InChI=1S/C20H26N2O4/c1-6-22(2)16-9-7-8-15(13-16)21-19(23)12-14-10-17(24-3)20(26-5)18(11-14)25-4/h7-11,13H,6,12H2,1-5H3,(H,21,23). The van der Waals surface area contributed by atoms with Crippen LogP contribution in [-0.4, -0.2) is 40.8 Å². The molecule has 2 aromatic rings. The van der Waals surface area contributed by atoms with Gasteiger partial charge in [0.25, 0.3) is 0 Å². The van der Waals surface area contributed by atoms with E-state index in [1.165, 1.54) is 0 Å². The molecule has 0 aliphatic carbocycles.